The summed E-state index contributed by atoms with van der Waals surface area (Å²) < 4.78 is 67.5. The van der Waals surface area contributed by atoms with Crippen LogP contribution in [-0.4, -0.2) is 14.3 Å². The molecule has 2 N–H and O–H groups in total. The molecule has 0 saturated carbocycles. The molecule has 0 unspecified atom stereocenters. The third kappa shape index (κ3) is 4.32. The molecule has 5 nitrogen and oxygen atoms in total. The predicted molar refractivity (Wildman–Crippen MR) is 98.0 cm³/mol. The summed E-state index contributed by atoms with van der Waals surface area (Å²) in [4.78, 5) is 11.6. The van der Waals surface area contributed by atoms with E-state index in [4.69, 9.17) is 0 Å². The van der Waals surface area contributed by atoms with Gasteiger partial charge in [-0.1, -0.05) is 12.1 Å². The number of amides is 1. The maximum atomic E-state index is 14.3. The van der Waals surface area contributed by atoms with Gasteiger partial charge in [-0.25, -0.2) is 21.6 Å². The topological polar surface area (TPSA) is 75.3 Å². The summed E-state index contributed by atoms with van der Waals surface area (Å²) in [5.41, 5.74) is -0.450. The quantitative estimate of drug-likeness (QED) is 0.668. The minimum atomic E-state index is -4.24. The fraction of sp³-hybridized carbons (Fsp3) is 0. The summed E-state index contributed by atoms with van der Waals surface area (Å²) in [6.07, 6.45) is 0. The number of carbonyl (C=O) groups is 1. The molecule has 28 heavy (non-hydrogen) atoms. The number of hydrogen-bond acceptors (Lipinski definition) is 3. The zero-order chi connectivity index (χ0) is 20.3. The molecule has 0 aliphatic heterocycles. The SMILES string of the molecule is O=C(Nc1ccc(S(=O)(=O)Nc2ccccc2F)cc1F)c1ccc(F)cc1. The molecule has 0 aliphatic carbocycles. The van der Waals surface area contributed by atoms with Gasteiger partial charge in [0.15, 0.2) is 0 Å². The largest absolute Gasteiger partial charge is 0.319 e. The normalized spacial score (nSPS) is 11.1. The van der Waals surface area contributed by atoms with E-state index in [1.165, 1.54) is 30.3 Å². The zero-order valence-corrected chi connectivity index (χ0v) is 14.9. The lowest BCUT2D eigenvalue weighted by Gasteiger charge is -2.11. The highest BCUT2D eigenvalue weighted by atomic mass is 32.2. The second-order valence-electron chi connectivity index (χ2n) is 5.69. The van der Waals surface area contributed by atoms with E-state index in [0.717, 1.165) is 30.3 Å². The van der Waals surface area contributed by atoms with Gasteiger partial charge in [0.2, 0.25) is 0 Å². The standard InChI is InChI=1S/C19H13F3N2O3S/c20-13-7-5-12(6-8-13)19(25)23-17-10-9-14(11-16(17)22)28(26,27)24-18-4-2-1-3-15(18)21/h1-11,24H,(H,23,25). The van der Waals surface area contributed by atoms with Crippen molar-refractivity contribution in [3.63, 3.8) is 0 Å². The molecule has 0 bridgehead atoms. The number of benzene rings is 3. The van der Waals surface area contributed by atoms with Gasteiger partial charge < -0.3 is 5.32 Å². The molecule has 1 amide bonds. The average Bonchev–Trinajstić information content (AvgIpc) is 2.65. The zero-order valence-electron chi connectivity index (χ0n) is 14.1. The Hall–Kier alpha value is -3.33. The summed E-state index contributed by atoms with van der Waals surface area (Å²) in [7, 11) is -4.24. The summed E-state index contributed by atoms with van der Waals surface area (Å²) >= 11 is 0. The van der Waals surface area contributed by atoms with Crippen LogP contribution in [0.25, 0.3) is 0 Å². The number of nitrogens with one attached hydrogen (secondary N) is 2. The van der Waals surface area contributed by atoms with Crippen molar-refractivity contribution in [1.29, 1.82) is 0 Å². The van der Waals surface area contributed by atoms with Crippen LogP contribution in [-0.2, 0) is 10.0 Å². The number of hydrogen-bond donors (Lipinski definition) is 2. The smallest absolute Gasteiger partial charge is 0.262 e. The van der Waals surface area contributed by atoms with Gasteiger partial charge in [0, 0.05) is 5.56 Å². The molecular formula is C19H13F3N2O3S. The molecule has 0 heterocycles. The first kappa shape index (κ1) is 19.4. The van der Waals surface area contributed by atoms with Crippen LogP contribution in [0.15, 0.2) is 71.6 Å². The van der Waals surface area contributed by atoms with E-state index < -0.39 is 38.3 Å². The van der Waals surface area contributed by atoms with Crippen LogP contribution in [0.1, 0.15) is 10.4 Å². The Morgan fingerprint density at radius 2 is 1.46 bits per heavy atom. The average molecular weight is 406 g/mol. The Morgan fingerprint density at radius 1 is 0.786 bits per heavy atom. The third-order valence-corrected chi connectivity index (χ3v) is 5.09. The molecule has 0 saturated heterocycles. The predicted octanol–water partition coefficient (Wildman–Crippen LogP) is 4.16. The number of carbonyl (C=O) groups excluding carboxylic acids is 1. The van der Waals surface area contributed by atoms with E-state index in [2.05, 4.69) is 5.32 Å². The molecule has 0 aliphatic rings. The van der Waals surface area contributed by atoms with Gasteiger partial charge in [-0.05, 0) is 54.6 Å². The van der Waals surface area contributed by atoms with E-state index in [1.807, 2.05) is 4.72 Å². The molecule has 0 radical (unpaired) electrons. The van der Waals surface area contributed by atoms with Gasteiger partial charge in [-0.3, -0.25) is 9.52 Å². The van der Waals surface area contributed by atoms with E-state index in [0.29, 0.717) is 6.07 Å². The Bertz CT molecular complexity index is 1130. The minimum Gasteiger partial charge on any atom is -0.319 e. The fourth-order valence-electron chi connectivity index (χ4n) is 2.31. The van der Waals surface area contributed by atoms with Crippen LogP contribution >= 0.6 is 0 Å². The number of anilines is 2. The molecule has 3 aromatic rings. The molecule has 0 atom stereocenters. The van der Waals surface area contributed by atoms with Gasteiger partial charge in [0.05, 0.1) is 16.3 Å². The molecule has 0 spiro atoms. The highest BCUT2D eigenvalue weighted by Gasteiger charge is 2.19. The van der Waals surface area contributed by atoms with Gasteiger partial charge >= 0.3 is 0 Å². The molecule has 144 valence electrons. The Labute approximate surface area is 158 Å². The number of rotatable bonds is 5. The van der Waals surface area contributed by atoms with Crippen LogP contribution in [0.2, 0.25) is 0 Å². The summed E-state index contributed by atoms with van der Waals surface area (Å²) in [6.45, 7) is 0. The van der Waals surface area contributed by atoms with E-state index in [-0.39, 0.29) is 16.9 Å². The third-order valence-electron chi connectivity index (χ3n) is 3.72. The van der Waals surface area contributed by atoms with Crippen molar-refractivity contribution in [3.8, 4) is 0 Å². The highest BCUT2D eigenvalue weighted by molar-refractivity contribution is 7.92. The van der Waals surface area contributed by atoms with E-state index >= 15 is 0 Å². The van der Waals surface area contributed by atoms with Gasteiger partial charge in [-0.2, -0.15) is 0 Å². The first-order valence-corrected chi connectivity index (χ1v) is 9.38. The monoisotopic (exact) mass is 406 g/mol. The van der Waals surface area contributed by atoms with E-state index in [1.54, 1.807) is 0 Å². The van der Waals surface area contributed by atoms with Gasteiger partial charge in [0.25, 0.3) is 15.9 Å². The lowest BCUT2D eigenvalue weighted by molar-refractivity contribution is 0.102. The van der Waals surface area contributed by atoms with Crippen LogP contribution < -0.4 is 10.0 Å². The Morgan fingerprint density at radius 3 is 2.11 bits per heavy atom. The number of halogens is 3. The minimum absolute atomic E-state index is 0.0960. The Kier molecular flexibility index (Phi) is 5.36. The lowest BCUT2D eigenvalue weighted by Crippen LogP contribution is -2.16. The lowest BCUT2D eigenvalue weighted by atomic mass is 10.2. The summed E-state index contributed by atoms with van der Waals surface area (Å²) in [6, 6.07) is 12.6. The second-order valence-corrected chi connectivity index (χ2v) is 7.37. The number of para-hydroxylation sites is 1. The van der Waals surface area contributed by atoms with Crippen molar-refractivity contribution >= 4 is 27.3 Å². The van der Waals surface area contributed by atoms with Crippen molar-refractivity contribution < 1.29 is 26.4 Å². The van der Waals surface area contributed by atoms with Gasteiger partial charge in [-0.15, -0.1) is 0 Å². The van der Waals surface area contributed by atoms with Crippen LogP contribution in [0, 0.1) is 17.5 Å². The molecule has 3 rings (SSSR count). The van der Waals surface area contributed by atoms with Crippen LogP contribution in [0.3, 0.4) is 0 Å². The molecular weight excluding hydrogens is 393 g/mol. The maximum absolute atomic E-state index is 14.3. The van der Waals surface area contributed by atoms with Gasteiger partial charge in [0.1, 0.15) is 17.5 Å². The summed E-state index contributed by atoms with van der Waals surface area (Å²) in [5, 5.41) is 2.27. The van der Waals surface area contributed by atoms with Crippen molar-refractivity contribution in [2.45, 2.75) is 4.90 Å². The first-order chi connectivity index (χ1) is 13.3. The second kappa shape index (κ2) is 7.73. The van der Waals surface area contributed by atoms with Crippen LogP contribution in [0.4, 0.5) is 24.5 Å². The van der Waals surface area contributed by atoms with Crippen molar-refractivity contribution in [2.24, 2.45) is 0 Å². The molecule has 0 fully saturated rings. The summed E-state index contributed by atoms with van der Waals surface area (Å²) in [5.74, 6) is -3.01. The van der Waals surface area contributed by atoms with Crippen LogP contribution in [0.5, 0.6) is 0 Å². The van der Waals surface area contributed by atoms with Crippen molar-refractivity contribution in [2.75, 3.05) is 10.0 Å². The Balaban J connectivity index is 1.80. The van der Waals surface area contributed by atoms with E-state index in [9.17, 15) is 26.4 Å². The van der Waals surface area contributed by atoms with Crippen molar-refractivity contribution in [1.82, 2.24) is 0 Å². The van der Waals surface area contributed by atoms with Crippen molar-refractivity contribution in [3.05, 3.63) is 89.7 Å². The molecule has 0 aromatic heterocycles. The highest BCUT2D eigenvalue weighted by Crippen LogP contribution is 2.23. The number of sulfonamides is 1. The maximum Gasteiger partial charge on any atom is 0.262 e. The first-order valence-electron chi connectivity index (χ1n) is 7.90. The fourth-order valence-corrected chi connectivity index (χ4v) is 3.39. The molecule has 9 heteroatoms. The molecule has 3 aromatic carbocycles.